The summed E-state index contributed by atoms with van der Waals surface area (Å²) >= 11 is 0. The molecule has 4 rings (SSSR count). The molecular formula is C25H30N4O4S. The van der Waals surface area contributed by atoms with E-state index in [0.29, 0.717) is 16.9 Å². The molecule has 3 heterocycles. The van der Waals surface area contributed by atoms with Gasteiger partial charge in [0.25, 0.3) is 5.56 Å². The van der Waals surface area contributed by atoms with Crippen LogP contribution in [0.2, 0.25) is 0 Å². The van der Waals surface area contributed by atoms with E-state index in [-0.39, 0.29) is 22.6 Å². The highest BCUT2D eigenvalue weighted by Gasteiger charge is 2.29. The average molecular weight is 483 g/mol. The van der Waals surface area contributed by atoms with Gasteiger partial charge >= 0.3 is 0 Å². The molecule has 1 aliphatic heterocycles. The lowest BCUT2D eigenvalue weighted by Crippen LogP contribution is -2.45. The SMILES string of the molecule is CCCc1cnc(N2CC[C@@H](Oc3cc[nH]c(=O)c3-c3ccc(S(C)(=O)=O)cc3)C[C@H]2C)nc1. The summed E-state index contributed by atoms with van der Waals surface area (Å²) in [5, 5.41) is 0. The maximum Gasteiger partial charge on any atom is 0.259 e. The molecule has 3 aromatic rings. The van der Waals surface area contributed by atoms with Crippen molar-refractivity contribution < 1.29 is 13.2 Å². The lowest BCUT2D eigenvalue weighted by Gasteiger charge is -2.37. The van der Waals surface area contributed by atoms with E-state index in [1.807, 2.05) is 12.4 Å². The van der Waals surface area contributed by atoms with E-state index < -0.39 is 9.84 Å². The first-order valence-corrected chi connectivity index (χ1v) is 13.4. The molecule has 1 fully saturated rings. The molecule has 0 spiro atoms. The van der Waals surface area contributed by atoms with Crippen molar-refractivity contribution in [3.05, 3.63) is 64.8 Å². The summed E-state index contributed by atoms with van der Waals surface area (Å²) in [7, 11) is -3.32. The number of pyridine rings is 1. The van der Waals surface area contributed by atoms with Crippen molar-refractivity contribution in [2.24, 2.45) is 0 Å². The molecule has 1 saturated heterocycles. The van der Waals surface area contributed by atoms with Gasteiger partial charge in [0.2, 0.25) is 5.95 Å². The van der Waals surface area contributed by atoms with E-state index in [0.717, 1.165) is 50.0 Å². The van der Waals surface area contributed by atoms with Crippen LogP contribution in [-0.2, 0) is 16.3 Å². The molecule has 0 saturated carbocycles. The minimum atomic E-state index is -3.32. The van der Waals surface area contributed by atoms with Gasteiger partial charge < -0.3 is 14.6 Å². The van der Waals surface area contributed by atoms with E-state index in [9.17, 15) is 13.2 Å². The lowest BCUT2D eigenvalue weighted by molar-refractivity contribution is 0.155. The third-order valence-electron chi connectivity index (χ3n) is 6.10. The number of anilines is 1. The summed E-state index contributed by atoms with van der Waals surface area (Å²) in [6.07, 6.45) is 10.0. The number of hydrogen-bond donors (Lipinski definition) is 1. The van der Waals surface area contributed by atoms with Gasteiger partial charge in [0, 0.05) is 50.3 Å². The fourth-order valence-electron chi connectivity index (χ4n) is 4.33. The van der Waals surface area contributed by atoms with Crippen LogP contribution in [0.4, 0.5) is 5.95 Å². The van der Waals surface area contributed by atoms with Crippen LogP contribution in [0, 0.1) is 0 Å². The molecule has 0 aliphatic carbocycles. The van der Waals surface area contributed by atoms with Crippen LogP contribution in [0.25, 0.3) is 11.1 Å². The van der Waals surface area contributed by atoms with Crippen LogP contribution in [0.15, 0.2) is 58.6 Å². The second-order valence-electron chi connectivity index (χ2n) is 8.79. The predicted octanol–water partition coefficient (Wildman–Crippen LogP) is 3.62. The van der Waals surface area contributed by atoms with Crippen LogP contribution in [-0.4, -0.2) is 48.3 Å². The van der Waals surface area contributed by atoms with Gasteiger partial charge in [-0.15, -0.1) is 0 Å². The lowest BCUT2D eigenvalue weighted by atomic mass is 10.0. The minimum absolute atomic E-state index is 0.0681. The predicted molar refractivity (Wildman–Crippen MR) is 132 cm³/mol. The molecule has 0 unspecified atom stereocenters. The largest absolute Gasteiger partial charge is 0.489 e. The second-order valence-corrected chi connectivity index (χ2v) is 10.8. The van der Waals surface area contributed by atoms with Crippen molar-refractivity contribution in [3.63, 3.8) is 0 Å². The Balaban J connectivity index is 1.50. The number of nitrogens with one attached hydrogen (secondary N) is 1. The number of benzene rings is 1. The zero-order valence-electron chi connectivity index (χ0n) is 19.7. The van der Waals surface area contributed by atoms with Crippen molar-refractivity contribution in [1.82, 2.24) is 15.0 Å². The first-order valence-electron chi connectivity index (χ1n) is 11.5. The molecule has 0 amide bonds. The number of hydrogen-bond acceptors (Lipinski definition) is 7. The van der Waals surface area contributed by atoms with Crippen LogP contribution in [0.3, 0.4) is 0 Å². The third-order valence-corrected chi connectivity index (χ3v) is 7.23. The number of aryl methyl sites for hydroxylation is 1. The molecule has 180 valence electrons. The van der Waals surface area contributed by atoms with Crippen molar-refractivity contribution >= 4 is 15.8 Å². The highest BCUT2D eigenvalue weighted by Crippen LogP contribution is 2.31. The molecule has 0 radical (unpaired) electrons. The van der Waals surface area contributed by atoms with Gasteiger partial charge in [-0.1, -0.05) is 25.5 Å². The van der Waals surface area contributed by atoms with Crippen LogP contribution in [0.1, 0.15) is 38.7 Å². The molecule has 2 atom stereocenters. The fraction of sp³-hybridized carbons (Fsp3) is 0.400. The van der Waals surface area contributed by atoms with E-state index in [1.54, 1.807) is 24.4 Å². The summed E-state index contributed by atoms with van der Waals surface area (Å²) in [6, 6.07) is 8.21. The van der Waals surface area contributed by atoms with Crippen LogP contribution < -0.4 is 15.2 Å². The Morgan fingerprint density at radius 1 is 1.15 bits per heavy atom. The first kappa shape index (κ1) is 23.9. The molecule has 2 aromatic heterocycles. The average Bonchev–Trinajstić information content (AvgIpc) is 2.80. The van der Waals surface area contributed by atoms with Gasteiger partial charge in [-0.25, -0.2) is 18.4 Å². The Hall–Kier alpha value is -3.20. The summed E-state index contributed by atoms with van der Waals surface area (Å²) in [4.78, 5) is 26.9. The minimum Gasteiger partial charge on any atom is -0.489 e. The monoisotopic (exact) mass is 482 g/mol. The molecular weight excluding hydrogens is 452 g/mol. The van der Waals surface area contributed by atoms with E-state index in [2.05, 4.69) is 33.7 Å². The van der Waals surface area contributed by atoms with E-state index in [4.69, 9.17) is 4.74 Å². The Kier molecular flexibility index (Phi) is 7.02. The number of H-pyrrole nitrogens is 1. The molecule has 34 heavy (non-hydrogen) atoms. The topological polar surface area (TPSA) is 105 Å². The standard InChI is InChI=1S/C25H30N4O4S/c1-4-5-18-15-27-25(28-16-18)29-13-11-20(14-17(29)2)33-22-10-12-26-24(30)23(22)19-6-8-21(9-7-19)34(3,31)32/h6-10,12,15-17,20H,4-5,11,13-14H2,1-3H3,(H,26,30)/t17-,20-/m1/s1. The van der Waals surface area contributed by atoms with Crippen LogP contribution >= 0.6 is 0 Å². The number of nitrogens with zero attached hydrogens (tertiary/aromatic N) is 3. The second kappa shape index (κ2) is 9.97. The Morgan fingerprint density at radius 3 is 2.47 bits per heavy atom. The Morgan fingerprint density at radius 2 is 1.85 bits per heavy atom. The number of piperidine rings is 1. The van der Waals surface area contributed by atoms with Gasteiger partial charge in [0.1, 0.15) is 11.9 Å². The summed E-state index contributed by atoms with van der Waals surface area (Å²) in [5.41, 5.74) is 1.86. The number of rotatable bonds is 7. The van der Waals surface area contributed by atoms with Crippen molar-refractivity contribution in [3.8, 4) is 16.9 Å². The van der Waals surface area contributed by atoms with Gasteiger partial charge in [-0.2, -0.15) is 0 Å². The van der Waals surface area contributed by atoms with Crippen molar-refractivity contribution in [1.29, 1.82) is 0 Å². The van der Waals surface area contributed by atoms with Gasteiger partial charge in [-0.3, -0.25) is 4.79 Å². The van der Waals surface area contributed by atoms with Gasteiger partial charge in [0.15, 0.2) is 9.84 Å². The molecule has 8 nitrogen and oxygen atoms in total. The molecule has 9 heteroatoms. The number of aromatic nitrogens is 3. The van der Waals surface area contributed by atoms with E-state index >= 15 is 0 Å². The summed E-state index contributed by atoms with van der Waals surface area (Å²) < 4.78 is 29.9. The van der Waals surface area contributed by atoms with Gasteiger partial charge in [0.05, 0.1) is 10.5 Å². The Bertz CT molecular complexity index is 1290. The normalized spacial score (nSPS) is 18.6. The number of sulfone groups is 1. The van der Waals surface area contributed by atoms with Crippen molar-refractivity contribution in [2.75, 3.05) is 17.7 Å². The fourth-order valence-corrected chi connectivity index (χ4v) is 4.96. The van der Waals surface area contributed by atoms with Crippen LogP contribution in [0.5, 0.6) is 5.75 Å². The van der Waals surface area contributed by atoms with Gasteiger partial charge in [-0.05, 0) is 42.7 Å². The zero-order chi connectivity index (χ0) is 24.3. The summed E-state index contributed by atoms with van der Waals surface area (Å²) in [5.74, 6) is 1.22. The van der Waals surface area contributed by atoms with Crippen molar-refractivity contribution in [2.45, 2.75) is 56.6 Å². The Labute approximate surface area is 200 Å². The highest BCUT2D eigenvalue weighted by molar-refractivity contribution is 7.90. The first-order chi connectivity index (χ1) is 16.3. The van der Waals surface area contributed by atoms with E-state index in [1.165, 1.54) is 12.1 Å². The number of aromatic amines is 1. The molecule has 1 aromatic carbocycles. The molecule has 1 N–H and O–H groups in total. The molecule has 0 bridgehead atoms. The maximum absolute atomic E-state index is 12.7. The highest BCUT2D eigenvalue weighted by atomic mass is 32.2. The summed E-state index contributed by atoms with van der Waals surface area (Å²) in [6.45, 7) is 5.01. The quantitative estimate of drug-likeness (QED) is 0.548. The zero-order valence-corrected chi connectivity index (χ0v) is 20.5. The third kappa shape index (κ3) is 5.30. The maximum atomic E-state index is 12.7. The smallest absolute Gasteiger partial charge is 0.259 e. The number of ether oxygens (including phenoxy) is 1. The molecule has 1 aliphatic rings.